The molecule has 22 heavy (non-hydrogen) atoms. The predicted octanol–water partition coefficient (Wildman–Crippen LogP) is 2.06. The number of ether oxygens (including phenoxy) is 2. The second-order valence-electron chi connectivity index (χ2n) is 5.99. The normalized spacial score (nSPS) is 37.3. The standard InChI is InChI=1S/C17H22O5/c1-9-5-6-13(19)10(2)8-15(21-12(4)18)16-11(3)17(20)22-14(16)7-9/h5,8,13-16,19H,3,6-7H2,1-2,4H3/b9-5+,10-8-/t13-,14+,15-,16-/m1/s1. The second-order valence-corrected chi connectivity index (χ2v) is 5.99. The Morgan fingerprint density at radius 3 is 2.77 bits per heavy atom. The van der Waals surface area contributed by atoms with Crippen molar-refractivity contribution in [3.05, 3.63) is 35.5 Å². The SMILES string of the molecule is C=C1C(=O)O[C@H]2C/C(C)=C/C[C@@H](O)/C(C)=C\[C@@H](OC(C)=O)[C@H]12. The zero-order valence-electron chi connectivity index (χ0n) is 13.2. The lowest BCUT2D eigenvalue weighted by Gasteiger charge is -2.27. The van der Waals surface area contributed by atoms with Gasteiger partial charge in [0, 0.05) is 18.9 Å². The van der Waals surface area contributed by atoms with Gasteiger partial charge in [-0.15, -0.1) is 0 Å². The molecule has 1 fully saturated rings. The fourth-order valence-electron chi connectivity index (χ4n) is 2.90. The molecule has 120 valence electrons. The van der Waals surface area contributed by atoms with Crippen LogP contribution in [0.5, 0.6) is 0 Å². The number of hydrogen-bond acceptors (Lipinski definition) is 5. The number of hydrogen-bond donors (Lipinski definition) is 1. The van der Waals surface area contributed by atoms with E-state index in [2.05, 4.69) is 6.58 Å². The van der Waals surface area contributed by atoms with Crippen LogP contribution in [-0.4, -0.2) is 35.4 Å². The average molecular weight is 306 g/mol. The van der Waals surface area contributed by atoms with E-state index in [1.165, 1.54) is 6.92 Å². The first kappa shape index (κ1) is 16.5. The molecule has 0 radical (unpaired) electrons. The van der Waals surface area contributed by atoms with E-state index in [0.717, 1.165) is 5.57 Å². The molecule has 1 saturated heterocycles. The van der Waals surface area contributed by atoms with Gasteiger partial charge >= 0.3 is 11.9 Å². The van der Waals surface area contributed by atoms with E-state index in [0.29, 0.717) is 24.0 Å². The van der Waals surface area contributed by atoms with Gasteiger partial charge in [-0.05, 0) is 31.9 Å². The van der Waals surface area contributed by atoms with Crippen molar-refractivity contribution < 1.29 is 24.2 Å². The second kappa shape index (κ2) is 6.48. The van der Waals surface area contributed by atoms with Crippen LogP contribution < -0.4 is 0 Å². The molecule has 0 aromatic carbocycles. The van der Waals surface area contributed by atoms with Crippen molar-refractivity contribution in [2.45, 2.75) is 51.9 Å². The van der Waals surface area contributed by atoms with Gasteiger partial charge in [-0.1, -0.05) is 18.2 Å². The molecular formula is C17H22O5. The van der Waals surface area contributed by atoms with Crippen LogP contribution in [0.2, 0.25) is 0 Å². The van der Waals surface area contributed by atoms with Crippen molar-refractivity contribution >= 4 is 11.9 Å². The molecule has 5 nitrogen and oxygen atoms in total. The maximum atomic E-state index is 11.9. The van der Waals surface area contributed by atoms with Crippen molar-refractivity contribution in [2.24, 2.45) is 5.92 Å². The van der Waals surface area contributed by atoms with E-state index < -0.39 is 36.2 Å². The van der Waals surface area contributed by atoms with Gasteiger partial charge in [-0.3, -0.25) is 4.79 Å². The molecule has 2 rings (SSSR count). The molecule has 0 bridgehead atoms. The van der Waals surface area contributed by atoms with Gasteiger partial charge in [-0.25, -0.2) is 4.79 Å². The summed E-state index contributed by atoms with van der Waals surface area (Å²) in [5.41, 5.74) is 2.03. The number of fused-ring (bicyclic) bond motifs is 1. The van der Waals surface area contributed by atoms with Crippen molar-refractivity contribution in [1.82, 2.24) is 0 Å². The number of aliphatic hydroxyl groups is 1. The van der Waals surface area contributed by atoms with Crippen LogP contribution in [-0.2, 0) is 19.1 Å². The van der Waals surface area contributed by atoms with Gasteiger partial charge in [0.25, 0.3) is 0 Å². The topological polar surface area (TPSA) is 72.8 Å². The van der Waals surface area contributed by atoms with Gasteiger partial charge in [0.1, 0.15) is 12.2 Å². The van der Waals surface area contributed by atoms with Crippen LogP contribution in [0.4, 0.5) is 0 Å². The van der Waals surface area contributed by atoms with Crippen LogP contribution in [0, 0.1) is 5.92 Å². The number of esters is 2. The van der Waals surface area contributed by atoms with E-state index in [-0.39, 0.29) is 0 Å². The molecule has 1 heterocycles. The number of aliphatic hydroxyl groups excluding tert-OH is 1. The highest BCUT2D eigenvalue weighted by Gasteiger charge is 2.44. The Kier molecular flexibility index (Phi) is 4.86. The summed E-state index contributed by atoms with van der Waals surface area (Å²) in [6, 6.07) is 0. The molecule has 4 atom stereocenters. The Hall–Kier alpha value is -1.88. The minimum Gasteiger partial charge on any atom is -0.458 e. The van der Waals surface area contributed by atoms with Gasteiger partial charge < -0.3 is 14.6 Å². The van der Waals surface area contributed by atoms with E-state index in [9.17, 15) is 14.7 Å². The van der Waals surface area contributed by atoms with E-state index in [1.54, 1.807) is 13.0 Å². The molecule has 1 N–H and O–H groups in total. The Labute approximate surface area is 130 Å². The third-order valence-electron chi connectivity index (χ3n) is 4.15. The molecule has 0 amide bonds. The number of rotatable bonds is 1. The summed E-state index contributed by atoms with van der Waals surface area (Å²) in [6.45, 7) is 8.82. The Bertz CT molecular complexity index is 557. The van der Waals surface area contributed by atoms with Crippen molar-refractivity contribution in [1.29, 1.82) is 0 Å². The smallest absolute Gasteiger partial charge is 0.334 e. The highest BCUT2D eigenvalue weighted by Crippen LogP contribution is 2.36. The predicted molar refractivity (Wildman–Crippen MR) is 80.8 cm³/mol. The van der Waals surface area contributed by atoms with Crippen LogP contribution in [0.15, 0.2) is 35.5 Å². The Balaban J connectivity index is 2.44. The summed E-state index contributed by atoms with van der Waals surface area (Å²) in [4.78, 5) is 23.3. The third kappa shape index (κ3) is 3.47. The largest absolute Gasteiger partial charge is 0.458 e. The fourth-order valence-corrected chi connectivity index (χ4v) is 2.90. The summed E-state index contributed by atoms with van der Waals surface area (Å²) in [5.74, 6) is -1.33. The summed E-state index contributed by atoms with van der Waals surface area (Å²) < 4.78 is 10.8. The first-order valence-electron chi connectivity index (χ1n) is 7.38. The molecule has 5 heteroatoms. The number of carbonyl (C=O) groups is 2. The van der Waals surface area contributed by atoms with E-state index in [1.807, 2.05) is 13.0 Å². The molecule has 0 spiro atoms. The monoisotopic (exact) mass is 306 g/mol. The van der Waals surface area contributed by atoms with Gasteiger partial charge in [0.15, 0.2) is 0 Å². The summed E-state index contributed by atoms with van der Waals surface area (Å²) in [5, 5.41) is 10.2. The summed E-state index contributed by atoms with van der Waals surface area (Å²) >= 11 is 0. The molecule has 0 saturated carbocycles. The molecular weight excluding hydrogens is 284 g/mol. The minimum atomic E-state index is -0.665. The zero-order valence-corrected chi connectivity index (χ0v) is 13.2. The van der Waals surface area contributed by atoms with Crippen LogP contribution in [0.3, 0.4) is 0 Å². The van der Waals surface area contributed by atoms with Gasteiger partial charge in [0.05, 0.1) is 12.0 Å². The highest BCUT2D eigenvalue weighted by molar-refractivity contribution is 5.91. The first-order chi connectivity index (χ1) is 10.3. The van der Waals surface area contributed by atoms with Gasteiger partial charge in [-0.2, -0.15) is 0 Å². The van der Waals surface area contributed by atoms with Crippen LogP contribution in [0.25, 0.3) is 0 Å². The molecule has 0 unspecified atom stereocenters. The number of carbonyl (C=O) groups excluding carboxylic acids is 2. The quantitative estimate of drug-likeness (QED) is 0.456. The summed E-state index contributed by atoms with van der Waals surface area (Å²) in [7, 11) is 0. The molecule has 2 aliphatic rings. The maximum Gasteiger partial charge on any atom is 0.334 e. The highest BCUT2D eigenvalue weighted by atomic mass is 16.6. The molecule has 1 aliphatic heterocycles. The average Bonchev–Trinajstić information content (AvgIpc) is 2.69. The maximum absolute atomic E-state index is 11.9. The first-order valence-corrected chi connectivity index (χ1v) is 7.38. The van der Waals surface area contributed by atoms with E-state index in [4.69, 9.17) is 9.47 Å². The third-order valence-corrected chi connectivity index (χ3v) is 4.15. The van der Waals surface area contributed by atoms with Crippen molar-refractivity contribution in [3.8, 4) is 0 Å². The molecule has 0 aromatic heterocycles. The fraction of sp³-hybridized carbons (Fsp3) is 0.529. The molecule has 0 aromatic rings. The van der Waals surface area contributed by atoms with Crippen molar-refractivity contribution in [2.75, 3.05) is 0 Å². The van der Waals surface area contributed by atoms with Crippen LogP contribution >= 0.6 is 0 Å². The lowest BCUT2D eigenvalue weighted by Crippen LogP contribution is -2.33. The molecule has 1 aliphatic carbocycles. The minimum absolute atomic E-state index is 0.308. The Morgan fingerprint density at radius 2 is 2.14 bits per heavy atom. The lowest BCUT2D eigenvalue weighted by atomic mass is 9.85. The van der Waals surface area contributed by atoms with E-state index >= 15 is 0 Å². The lowest BCUT2D eigenvalue weighted by molar-refractivity contribution is -0.147. The van der Waals surface area contributed by atoms with Crippen LogP contribution in [0.1, 0.15) is 33.6 Å². The van der Waals surface area contributed by atoms with Crippen molar-refractivity contribution in [3.63, 3.8) is 0 Å². The zero-order chi connectivity index (χ0) is 16.4. The Morgan fingerprint density at radius 1 is 1.45 bits per heavy atom. The summed E-state index contributed by atoms with van der Waals surface area (Å²) in [6.07, 6.45) is 2.95. The van der Waals surface area contributed by atoms with Gasteiger partial charge in [0.2, 0.25) is 0 Å².